The first kappa shape index (κ1) is 26.3. The molecule has 1 N–H and O–H groups in total. The fourth-order valence-electron chi connectivity index (χ4n) is 4.27. The highest BCUT2D eigenvalue weighted by atomic mass is 16.5. The fourth-order valence-corrected chi connectivity index (χ4v) is 4.27. The average Bonchev–Trinajstić information content (AvgIpc) is 3.16. The zero-order chi connectivity index (χ0) is 25.2. The topological polar surface area (TPSA) is 80.3 Å². The number of carbonyl (C=O) groups is 2. The van der Waals surface area contributed by atoms with Crippen LogP contribution in [0.3, 0.4) is 0 Å². The minimum absolute atomic E-state index is 0.0286. The number of hydrogen-bond donors (Lipinski definition) is 1. The Bertz CT molecular complexity index is 979. The summed E-state index contributed by atoms with van der Waals surface area (Å²) in [6.45, 7) is 5.15. The summed E-state index contributed by atoms with van der Waals surface area (Å²) >= 11 is 0. The highest BCUT2D eigenvalue weighted by molar-refractivity contribution is 5.81. The van der Waals surface area contributed by atoms with Gasteiger partial charge in [-0.2, -0.15) is 0 Å². The number of benzene rings is 2. The van der Waals surface area contributed by atoms with Gasteiger partial charge in [-0.05, 0) is 55.2 Å². The van der Waals surface area contributed by atoms with Crippen LogP contribution in [0.15, 0.2) is 42.5 Å². The molecule has 2 amide bonds. The largest absolute Gasteiger partial charge is 0.497 e. The molecule has 0 bridgehead atoms. The Morgan fingerprint density at radius 3 is 2.29 bits per heavy atom. The van der Waals surface area contributed by atoms with Crippen LogP contribution in [-0.4, -0.2) is 75.2 Å². The van der Waals surface area contributed by atoms with Gasteiger partial charge >= 0.3 is 0 Å². The van der Waals surface area contributed by atoms with E-state index in [4.69, 9.17) is 14.2 Å². The summed E-state index contributed by atoms with van der Waals surface area (Å²) in [6, 6.07) is 13.2. The van der Waals surface area contributed by atoms with Crippen molar-refractivity contribution in [2.75, 3.05) is 47.5 Å². The summed E-state index contributed by atoms with van der Waals surface area (Å²) in [5.41, 5.74) is 2.06. The predicted molar refractivity (Wildman–Crippen MR) is 135 cm³/mol. The van der Waals surface area contributed by atoms with Gasteiger partial charge in [-0.3, -0.25) is 14.5 Å². The second kappa shape index (κ2) is 13.0. The minimum Gasteiger partial charge on any atom is -0.497 e. The number of rotatable bonds is 10. The van der Waals surface area contributed by atoms with Crippen molar-refractivity contribution in [3.63, 3.8) is 0 Å². The van der Waals surface area contributed by atoms with Crippen molar-refractivity contribution in [2.45, 2.75) is 38.8 Å². The first-order valence-corrected chi connectivity index (χ1v) is 12.1. The van der Waals surface area contributed by atoms with Crippen molar-refractivity contribution in [1.82, 2.24) is 15.1 Å². The lowest BCUT2D eigenvalue weighted by Crippen LogP contribution is -2.46. The molecule has 0 saturated carbocycles. The van der Waals surface area contributed by atoms with Crippen LogP contribution in [0.4, 0.5) is 0 Å². The van der Waals surface area contributed by atoms with Gasteiger partial charge in [-0.25, -0.2) is 0 Å². The summed E-state index contributed by atoms with van der Waals surface area (Å²) < 4.78 is 15.8. The molecule has 1 aliphatic heterocycles. The van der Waals surface area contributed by atoms with Gasteiger partial charge in [0.05, 0.1) is 27.4 Å². The molecular formula is C27H37N3O5. The quantitative estimate of drug-likeness (QED) is 0.560. The Morgan fingerprint density at radius 2 is 1.60 bits per heavy atom. The van der Waals surface area contributed by atoms with Crippen LogP contribution in [0, 0.1) is 0 Å². The summed E-state index contributed by atoms with van der Waals surface area (Å²) in [6.07, 6.45) is 2.03. The van der Waals surface area contributed by atoms with Gasteiger partial charge in [0.2, 0.25) is 11.8 Å². The number of amides is 2. The second-order valence-corrected chi connectivity index (χ2v) is 8.70. The van der Waals surface area contributed by atoms with E-state index >= 15 is 0 Å². The van der Waals surface area contributed by atoms with Crippen molar-refractivity contribution < 1.29 is 23.8 Å². The highest BCUT2D eigenvalue weighted by Crippen LogP contribution is 2.27. The summed E-state index contributed by atoms with van der Waals surface area (Å²) in [5.74, 6) is 2.24. The lowest BCUT2D eigenvalue weighted by molar-refractivity contribution is -0.131. The lowest BCUT2D eigenvalue weighted by atomic mass is 10.1. The smallest absolute Gasteiger partial charge is 0.237 e. The maximum Gasteiger partial charge on any atom is 0.237 e. The summed E-state index contributed by atoms with van der Waals surface area (Å²) in [5, 5.41) is 3.02. The number of carbonyl (C=O) groups excluding carboxylic acids is 2. The van der Waals surface area contributed by atoms with E-state index in [-0.39, 0.29) is 17.9 Å². The van der Waals surface area contributed by atoms with Gasteiger partial charge in [0.1, 0.15) is 5.75 Å². The van der Waals surface area contributed by atoms with Crippen LogP contribution in [0.25, 0.3) is 0 Å². The molecule has 0 aliphatic carbocycles. The molecule has 2 aromatic carbocycles. The van der Waals surface area contributed by atoms with Crippen molar-refractivity contribution in [3.05, 3.63) is 53.6 Å². The van der Waals surface area contributed by atoms with Gasteiger partial charge in [0, 0.05) is 39.1 Å². The first-order valence-electron chi connectivity index (χ1n) is 12.1. The molecule has 1 aliphatic rings. The Morgan fingerprint density at radius 1 is 0.886 bits per heavy atom. The first-order chi connectivity index (χ1) is 16.9. The van der Waals surface area contributed by atoms with Gasteiger partial charge in [0.25, 0.3) is 0 Å². The Hall–Kier alpha value is -3.26. The van der Waals surface area contributed by atoms with Gasteiger partial charge in [-0.15, -0.1) is 0 Å². The molecule has 1 unspecified atom stereocenters. The minimum atomic E-state index is -0.274. The van der Waals surface area contributed by atoms with Crippen LogP contribution < -0.4 is 19.5 Å². The third-order valence-corrected chi connectivity index (χ3v) is 6.51. The number of ether oxygens (including phenoxy) is 3. The van der Waals surface area contributed by atoms with Crippen LogP contribution >= 0.6 is 0 Å². The highest BCUT2D eigenvalue weighted by Gasteiger charge is 2.25. The second-order valence-electron chi connectivity index (χ2n) is 8.70. The van der Waals surface area contributed by atoms with E-state index in [1.807, 2.05) is 54.3 Å². The fraction of sp³-hybridized carbons (Fsp3) is 0.481. The zero-order valence-corrected chi connectivity index (χ0v) is 21.2. The molecule has 3 rings (SSSR count). The molecule has 0 radical (unpaired) electrons. The maximum atomic E-state index is 12.8. The molecule has 0 aromatic heterocycles. The third kappa shape index (κ3) is 7.36. The zero-order valence-electron chi connectivity index (χ0n) is 21.2. The van der Waals surface area contributed by atoms with Gasteiger partial charge < -0.3 is 24.4 Å². The summed E-state index contributed by atoms with van der Waals surface area (Å²) in [4.78, 5) is 29.7. The molecular weight excluding hydrogens is 446 g/mol. The third-order valence-electron chi connectivity index (χ3n) is 6.51. The maximum absolute atomic E-state index is 12.8. The van der Waals surface area contributed by atoms with E-state index in [0.29, 0.717) is 44.0 Å². The van der Waals surface area contributed by atoms with Crippen LogP contribution in [0.1, 0.15) is 30.9 Å². The summed E-state index contributed by atoms with van der Waals surface area (Å²) in [7, 11) is 4.83. The Balaban J connectivity index is 1.46. The molecule has 2 aromatic rings. The van der Waals surface area contributed by atoms with Crippen molar-refractivity contribution in [1.29, 1.82) is 0 Å². The number of methoxy groups -OCH3 is 3. The average molecular weight is 484 g/mol. The molecule has 8 nitrogen and oxygen atoms in total. The molecule has 1 saturated heterocycles. The molecule has 35 heavy (non-hydrogen) atoms. The SMILES string of the molecule is COc1ccc(CCC(=O)N2CCCN(C(C)C(=O)NCc3ccc(OC)c(OC)c3)CC2)cc1. The van der Waals surface area contributed by atoms with Gasteiger partial charge in [0.15, 0.2) is 11.5 Å². The van der Waals surface area contributed by atoms with Crippen LogP contribution in [-0.2, 0) is 22.6 Å². The van der Waals surface area contributed by atoms with Crippen molar-refractivity contribution in [2.24, 2.45) is 0 Å². The van der Waals surface area contributed by atoms with E-state index in [2.05, 4.69) is 10.2 Å². The number of nitrogens with zero attached hydrogens (tertiary/aromatic N) is 2. The Labute approximate surface area is 208 Å². The van der Waals surface area contributed by atoms with Crippen molar-refractivity contribution >= 4 is 11.8 Å². The molecule has 1 fully saturated rings. The van der Waals surface area contributed by atoms with E-state index in [9.17, 15) is 9.59 Å². The number of nitrogens with one attached hydrogen (secondary N) is 1. The standard InChI is InChI=1S/C27H37N3O5/c1-20(27(32)28-19-22-8-12-24(34-3)25(18-22)35-4)29-14-5-15-30(17-16-29)26(31)13-9-21-6-10-23(33-2)11-7-21/h6-8,10-12,18,20H,5,9,13-17,19H2,1-4H3,(H,28,32). The molecule has 190 valence electrons. The lowest BCUT2D eigenvalue weighted by Gasteiger charge is -2.27. The van der Waals surface area contributed by atoms with Crippen LogP contribution in [0.5, 0.6) is 17.2 Å². The predicted octanol–water partition coefficient (Wildman–Crippen LogP) is 2.88. The van der Waals surface area contributed by atoms with Gasteiger partial charge in [-0.1, -0.05) is 18.2 Å². The van der Waals surface area contributed by atoms with E-state index < -0.39 is 0 Å². The Kier molecular flexibility index (Phi) is 9.78. The van der Waals surface area contributed by atoms with Crippen LogP contribution in [0.2, 0.25) is 0 Å². The number of aryl methyl sites for hydroxylation is 1. The monoisotopic (exact) mass is 483 g/mol. The molecule has 0 spiro atoms. The normalized spacial score (nSPS) is 15.1. The molecule has 8 heteroatoms. The van der Waals surface area contributed by atoms with E-state index in [1.165, 1.54) is 0 Å². The molecule has 1 heterocycles. The number of hydrogen-bond acceptors (Lipinski definition) is 6. The van der Waals surface area contributed by atoms with E-state index in [1.54, 1.807) is 21.3 Å². The molecule has 1 atom stereocenters. The van der Waals surface area contributed by atoms with Crippen molar-refractivity contribution in [3.8, 4) is 17.2 Å². The van der Waals surface area contributed by atoms with E-state index in [0.717, 1.165) is 36.4 Å².